The van der Waals surface area contributed by atoms with Gasteiger partial charge in [-0.15, -0.1) is 0 Å². The molecule has 0 heterocycles. The third-order valence-corrected chi connectivity index (χ3v) is 4.30. The molecule has 0 aromatic heterocycles. The molecule has 1 rings (SSSR count). The Morgan fingerprint density at radius 1 is 1.40 bits per heavy atom. The zero-order valence-electron chi connectivity index (χ0n) is 10.8. The summed E-state index contributed by atoms with van der Waals surface area (Å²) in [4.78, 5) is 0. The topological polar surface area (TPSA) is 29.5 Å². The van der Waals surface area contributed by atoms with E-state index in [2.05, 4.69) is 33.9 Å². The molecule has 1 aliphatic carbocycles. The van der Waals surface area contributed by atoms with Crippen LogP contribution in [0, 0.1) is 11.3 Å². The van der Waals surface area contributed by atoms with E-state index in [0.717, 1.165) is 19.3 Å². The molecule has 15 heavy (non-hydrogen) atoms. The fourth-order valence-corrected chi connectivity index (χ4v) is 3.40. The van der Waals surface area contributed by atoms with Crippen molar-refractivity contribution in [3.63, 3.8) is 0 Å². The Balaban J connectivity index is 2.65. The van der Waals surface area contributed by atoms with Crippen LogP contribution in [0.25, 0.3) is 0 Å². The highest BCUT2D eigenvalue weighted by Gasteiger charge is 2.46. The van der Waals surface area contributed by atoms with Crippen LogP contribution in [0.4, 0.5) is 0 Å². The van der Waals surface area contributed by atoms with Gasteiger partial charge in [-0.25, -0.2) is 0 Å². The molecule has 2 atom stereocenters. The molecule has 0 aliphatic heterocycles. The quantitative estimate of drug-likeness (QED) is 0.755. The summed E-state index contributed by atoms with van der Waals surface area (Å²) in [5.74, 6) is 0.387. The molecule has 3 heteroatoms. The van der Waals surface area contributed by atoms with Crippen molar-refractivity contribution in [3.8, 4) is 0 Å². The van der Waals surface area contributed by atoms with Crippen LogP contribution in [-0.2, 0) is 4.43 Å². The molecule has 90 valence electrons. The van der Waals surface area contributed by atoms with Crippen LogP contribution in [0.15, 0.2) is 0 Å². The van der Waals surface area contributed by atoms with Crippen molar-refractivity contribution in [1.82, 2.24) is 0 Å². The summed E-state index contributed by atoms with van der Waals surface area (Å²) < 4.78 is 5.74. The highest BCUT2D eigenvalue weighted by atomic mass is 28.3. The van der Waals surface area contributed by atoms with E-state index >= 15 is 0 Å². The van der Waals surface area contributed by atoms with Gasteiger partial charge in [-0.3, -0.25) is 0 Å². The SMILES string of the molecule is C[SiH](C)OC[C@]1(O)CCC[C@H]1C(C)(C)C. The zero-order valence-corrected chi connectivity index (χ0v) is 12.0. The lowest BCUT2D eigenvalue weighted by molar-refractivity contribution is -0.0703. The summed E-state index contributed by atoms with van der Waals surface area (Å²) in [5, 5.41) is 10.6. The van der Waals surface area contributed by atoms with Gasteiger partial charge in [0.15, 0.2) is 9.04 Å². The Labute approximate surface area is 95.8 Å². The van der Waals surface area contributed by atoms with E-state index in [1.54, 1.807) is 0 Å². The Morgan fingerprint density at radius 3 is 2.47 bits per heavy atom. The van der Waals surface area contributed by atoms with Crippen LogP contribution < -0.4 is 0 Å². The van der Waals surface area contributed by atoms with Crippen molar-refractivity contribution in [1.29, 1.82) is 0 Å². The van der Waals surface area contributed by atoms with Gasteiger partial charge in [0.05, 0.1) is 12.2 Å². The maximum Gasteiger partial charge on any atom is 0.171 e. The molecule has 1 saturated carbocycles. The normalized spacial score (nSPS) is 32.6. The predicted molar refractivity (Wildman–Crippen MR) is 66.6 cm³/mol. The molecule has 0 amide bonds. The monoisotopic (exact) mass is 230 g/mol. The fourth-order valence-electron chi connectivity index (χ4n) is 2.78. The third kappa shape index (κ3) is 3.30. The summed E-state index contributed by atoms with van der Waals surface area (Å²) in [6.07, 6.45) is 3.19. The first kappa shape index (κ1) is 13.2. The lowest BCUT2D eigenvalue weighted by atomic mass is 9.73. The summed E-state index contributed by atoms with van der Waals surface area (Å²) in [7, 11) is -1.01. The lowest BCUT2D eigenvalue weighted by Gasteiger charge is -2.39. The predicted octanol–water partition coefficient (Wildman–Crippen LogP) is 2.56. The Kier molecular flexibility index (Phi) is 4.01. The van der Waals surface area contributed by atoms with Crippen molar-refractivity contribution in [3.05, 3.63) is 0 Å². The first-order chi connectivity index (χ1) is 6.76. The van der Waals surface area contributed by atoms with Crippen molar-refractivity contribution in [2.45, 2.75) is 58.7 Å². The molecule has 0 spiro atoms. The maximum absolute atomic E-state index is 10.6. The first-order valence-corrected chi connectivity index (χ1v) is 8.88. The van der Waals surface area contributed by atoms with E-state index in [9.17, 15) is 5.11 Å². The molecular weight excluding hydrogens is 204 g/mol. The lowest BCUT2D eigenvalue weighted by Crippen LogP contribution is -2.45. The van der Waals surface area contributed by atoms with Crippen LogP contribution >= 0.6 is 0 Å². The molecule has 1 fully saturated rings. The van der Waals surface area contributed by atoms with Gasteiger partial charge in [-0.05, 0) is 37.3 Å². The summed E-state index contributed by atoms with van der Waals surface area (Å²) >= 11 is 0. The van der Waals surface area contributed by atoms with Crippen molar-refractivity contribution in [2.75, 3.05) is 6.61 Å². The Hall–Kier alpha value is 0.137. The van der Waals surface area contributed by atoms with Crippen molar-refractivity contribution < 1.29 is 9.53 Å². The molecule has 0 radical (unpaired) electrons. The molecular formula is C12H26O2Si. The standard InChI is InChI=1S/C12H26O2Si/c1-11(2,3)10-7-6-8-12(10,13)9-14-15(4)5/h10,13,15H,6-9H2,1-5H3/t10-,12+/m0/s1. The zero-order chi connectivity index (χ0) is 11.7. The van der Waals surface area contributed by atoms with Gasteiger partial charge in [-0.1, -0.05) is 27.2 Å². The molecule has 0 saturated heterocycles. The number of hydrogen-bond donors (Lipinski definition) is 1. The summed E-state index contributed by atoms with van der Waals surface area (Å²) in [5.41, 5.74) is -0.372. The van der Waals surface area contributed by atoms with Gasteiger partial charge in [0.2, 0.25) is 0 Å². The molecule has 0 bridgehead atoms. The second kappa shape index (κ2) is 4.56. The minimum atomic E-state index is -1.01. The molecule has 0 aromatic rings. The van der Waals surface area contributed by atoms with Gasteiger partial charge < -0.3 is 9.53 Å². The minimum absolute atomic E-state index is 0.188. The van der Waals surface area contributed by atoms with E-state index in [1.807, 2.05) is 0 Å². The largest absolute Gasteiger partial charge is 0.418 e. The smallest absolute Gasteiger partial charge is 0.171 e. The molecule has 2 nitrogen and oxygen atoms in total. The highest BCUT2D eigenvalue weighted by molar-refractivity contribution is 6.48. The number of hydrogen-bond acceptors (Lipinski definition) is 2. The molecule has 0 aromatic carbocycles. The average Bonchev–Trinajstić information content (AvgIpc) is 2.44. The van der Waals surface area contributed by atoms with Crippen LogP contribution in [-0.4, -0.2) is 26.4 Å². The Morgan fingerprint density at radius 2 is 2.00 bits per heavy atom. The number of aliphatic hydroxyl groups is 1. The van der Waals surface area contributed by atoms with Crippen LogP contribution in [0.2, 0.25) is 13.1 Å². The van der Waals surface area contributed by atoms with E-state index in [-0.39, 0.29) is 5.41 Å². The summed E-state index contributed by atoms with van der Waals surface area (Å²) in [6.45, 7) is 11.5. The summed E-state index contributed by atoms with van der Waals surface area (Å²) in [6, 6.07) is 0. The van der Waals surface area contributed by atoms with Gasteiger partial charge in [0.1, 0.15) is 0 Å². The van der Waals surface area contributed by atoms with E-state index in [1.165, 1.54) is 0 Å². The van der Waals surface area contributed by atoms with Gasteiger partial charge in [-0.2, -0.15) is 0 Å². The van der Waals surface area contributed by atoms with Gasteiger partial charge in [0.25, 0.3) is 0 Å². The second-order valence-corrected chi connectivity index (χ2v) is 8.71. The number of rotatable bonds is 3. The van der Waals surface area contributed by atoms with Crippen LogP contribution in [0.1, 0.15) is 40.0 Å². The minimum Gasteiger partial charge on any atom is -0.418 e. The maximum atomic E-state index is 10.6. The fraction of sp³-hybridized carbons (Fsp3) is 1.00. The van der Waals surface area contributed by atoms with Gasteiger partial charge >= 0.3 is 0 Å². The third-order valence-electron chi connectivity index (χ3n) is 3.46. The second-order valence-electron chi connectivity index (χ2n) is 6.27. The molecule has 0 unspecified atom stereocenters. The van der Waals surface area contributed by atoms with Crippen LogP contribution in [0.5, 0.6) is 0 Å². The van der Waals surface area contributed by atoms with Crippen molar-refractivity contribution in [2.24, 2.45) is 11.3 Å². The molecule has 1 N–H and O–H groups in total. The van der Waals surface area contributed by atoms with E-state index in [4.69, 9.17) is 4.43 Å². The molecule has 1 aliphatic rings. The van der Waals surface area contributed by atoms with E-state index < -0.39 is 14.6 Å². The van der Waals surface area contributed by atoms with Gasteiger partial charge in [0, 0.05) is 0 Å². The van der Waals surface area contributed by atoms with Crippen LogP contribution in [0.3, 0.4) is 0 Å². The highest BCUT2D eigenvalue weighted by Crippen LogP contribution is 2.46. The van der Waals surface area contributed by atoms with E-state index in [0.29, 0.717) is 12.5 Å². The first-order valence-electron chi connectivity index (χ1n) is 6.10. The average molecular weight is 230 g/mol. The van der Waals surface area contributed by atoms with Crippen molar-refractivity contribution >= 4 is 9.04 Å². The Bertz CT molecular complexity index is 210.